The van der Waals surface area contributed by atoms with E-state index in [-0.39, 0.29) is 11.5 Å². The van der Waals surface area contributed by atoms with Gasteiger partial charge < -0.3 is 14.8 Å². The van der Waals surface area contributed by atoms with Gasteiger partial charge in [0, 0.05) is 11.0 Å². The maximum absolute atomic E-state index is 11.5. The Bertz CT molecular complexity index is 771. The lowest BCUT2D eigenvalue weighted by atomic mass is 10.2. The molecule has 0 bridgehead atoms. The highest BCUT2D eigenvalue weighted by atomic mass is 79.9. The lowest BCUT2D eigenvalue weighted by Gasteiger charge is -2.28. The summed E-state index contributed by atoms with van der Waals surface area (Å²) in [6.07, 6.45) is 1.22. The van der Waals surface area contributed by atoms with Gasteiger partial charge in [-0.05, 0) is 11.6 Å². The Morgan fingerprint density at radius 3 is 2.72 bits per heavy atom. The maximum Gasteiger partial charge on any atom is 0.329 e. The zero-order valence-electron chi connectivity index (χ0n) is 13.2. The fraction of sp³-hybridized carbons (Fsp3) is 0.333. The highest BCUT2D eigenvalue weighted by molar-refractivity contribution is 9.10. The summed E-state index contributed by atoms with van der Waals surface area (Å²) in [5, 5.41) is 14.4. The fourth-order valence-electron chi connectivity index (χ4n) is 2.48. The van der Waals surface area contributed by atoms with Gasteiger partial charge in [0.1, 0.15) is 17.7 Å². The van der Waals surface area contributed by atoms with Crippen LogP contribution in [0, 0.1) is 10.1 Å². The molecule has 1 aliphatic heterocycles. The van der Waals surface area contributed by atoms with Crippen molar-refractivity contribution in [2.75, 3.05) is 34.8 Å². The molecule has 0 amide bonds. The van der Waals surface area contributed by atoms with Gasteiger partial charge in [0.05, 0.1) is 18.0 Å². The topological polar surface area (TPSA) is 107 Å². The van der Waals surface area contributed by atoms with E-state index in [9.17, 15) is 14.7 Å². The van der Waals surface area contributed by atoms with Crippen molar-refractivity contribution in [3.8, 4) is 0 Å². The van der Waals surface area contributed by atoms with Crippen molar-refractivity contribution in [2.24, 2.45) is 0 Å². The van der Waals surface area contributed by atoms with E-state index in [1.54, 1.807) is 4.90 Å². The van der Waals surface area contributed by atoms with E-state index in [0.29, 0.717) is 37.1 Å². The Hall–Kier alpha value is -1.91. The number of hydrogen-bond donors (Lipinski definition) is 1. The van der Waals surface area contributed by atoms with Gasteiger partial charge in [-0.15, -0.1) is 0 Å². The quantitative estimate of drug-likeness (QED) is 0.444. The van der Waals surface area contributed by atoms with Gasteiger partial charge in [-0.25, -0.2) is 4.98 Å². The molecule has 0 saturated carbocycles. The number of nitrogens with zero attached hydrogens (tertiary/aromatic N) is 4. The second kappa shape index (κ2) is 7.98. The van der Waals surface area contributed by atoms with Crippen molar-refractivity contribution >= 4 is 44.6 Å². The van der Waals surface area contributed by atoms with Crippen LogP contribution in [0.1, 0.15) is 5.56 Å². The number of nitrogens with one attached hydrogen (secondary N) is 1. The average Bonchev–Trinajstić information content (AvgIpc) is 2.61. The summed E-state index contributed by atoms with van der Waals surface area (Å²) in [5.41, 5.74) is 0.887. The van der Waals surface area contributed by atoms with Crippen LogP contribution in [0.2, 0.25) is 0 Å². The molecule has 1 fully saturated rings. The van der Waals surface area contributed by atoms with Crippen LogP contribution in [-0.4, -0.2) is 44.0 Å². The first kappa shape index (κ1) is 17.9. The van der Waals surface area contributed by atoms with Gasteiger partial charge in [0.25, 0.3) is 0 Å². The zero-order valence-corrected chi connectivity index (χ0v) is 15.6. The summed E-state index contributed by atoms with van der Waals surface area (Å²) in [5.74, 6) is 1.57. The van der Waals surface area contributed by atoms with Crippen LogP contribution >= 0.6 is 15.9 Å². The van der Waals surface area contributed by atoms with E-state index in [1.165, 1.54) is 6.20 Å². The number of hydrogen-bond acceptors (Lipinski definition) is 7. The summed E-state index contributed by atoms with van der Waals surface area (Å²) in [6, 6.07) is 7.75. The molecule has 0 aliphatic carbocycles. The van der Waals surface area contributed by atoms with Gasteiger partial charge in [-0.3, -0.25) is 10.1 Å². The van der Waals surface area contributed by atoms with E-state index >= 15 is 0 Å². The highest BCUT2D eigenvalue weighted by Gasteiger charge is 2.27. The van der Waals surface area contributed by atoms with Gasteiger partial charge in [-0.2, -0.15) is 4.98 Å². The molecule has 1 aliphatic rings. The van der Waals surface area contributed by atoms with Crippen molar-refractivity contribution in [3.63, 3.8) is 0 Å². The van der Waals surface area contributed by atoms with Crippen LogP contribution < -0.4 is 10.2 Å². The number of benzene rings is 1. The van der Waals surface area contributed by atoms with E-state index in [1.807, 2.05) is 24.3 Å². The molecule has 1 saturated heterocycles. The Morgan fingerprint density at radius 2 is 2.04 bits per heavy atom. The van der Waals surface area contributed by atoms with E-state index in [4.69, 9.17) is 0 Å². The summed E-state index contributed by atoms with van der Waals surface area (Å²) >= 11 is 2.61. The minimum atomic E-state index is -0.864. The highest BCUT2D eigenvalue weighted by Crippen LogP contribution is 2.27. The lowest BCUT2D eigenvalue weighted by molar-refractivity contribution is -0.384. The molecule has 1 N–H and O–H groups in total. The molecule has 2 heterocycles. The summed E-state index contributed by atoms with van der Waals surface area (Å²) in [4.78, 5) is 21.0. The Labute approximate surface area is 156 Å². The third-order valence-corrected chi connectivity index (χ3v) is 5.87. The number of anilines is 2. The number of aromatic nitrogens is 2. The van der Waals surface area contributed by atoms with Crippen LogP contribution in [0.3, 0.4) is 0 Å². The lowest BCUT2D eigenvalue weighted by Crippen LogP contribution is -2.41. The first-order chi connectivity index (χ1) is 12.0. The largest absolute Gasteiger partial charge is 0.616 e. The van der Waals surface area contributed by atoms with Crippen molar-refractivity contribution in [2.45, 2.75) is 6.54 Å². The third kappa shape index (κ3) is 4.39. The number of rotatable bonds is 5. The molecule has 0 atom stereocenters. The second-order valence-electron chi connectivity index (χ2n) is 5.44. The molecular formula is C15H16BrN5O3S. The van der Waals surface area contributed by atoms with Crippen LogP contribution in [0.5, 0.6) is 0 Å². The molecule has 25 heavy (non-hydrogen) atoms. The maximum atomic E-state index is 11.5. The molecule has 8 nitrogen and oxygen atoms in total. The summed E-state index contributed by atoms with van der Waals surface area (Å²) < 4.78 is 12.5. The van der Waals surface area contributed by atoms with Gasteiger partial charge in [0.15, 0.2) is 0 Å². The standard InChI is InChI=1S/C15H16BrN5O3S/c16-12-4-2-1-3-11(12)9-17-15-18-10-13(21(22)23)14(19-15)20-5-7-25(24)8-6-20/h1-4,10H,5-9H2,(H,17,18,19). The van der Waals surface area contributed by atoms with Gasteiger partial charge >= 0.3 is 5.69 Å². The Balaban J connectivity index is 1.80. The molecule has 0 unspecified atom stereocenters. The molecule has 10 heteroatoms. The van der Waals surface area contributed by atoms with Crippen molar-refractivity contribution < 1.29 is 9.48 Å². The zero-order chi connectivity index (χ0) is 17.8. The van der Waals surface area contributed by atoms with Crippen LogP contribution in [0.4, 0.5) is 17.5 Å². The fourth-order valence-corrected chi connectivity index (χ4v) is 3.96. The predicted molar refractivity (Wildman–Crippen MR) is 100 cm³/mol. The molecule has 132 valence electrons. The summed E-state index contributed by atoms with van der Waals surface area (Å²) in [6.45, 7) is 1.45. The molecule has 1 aromatic carbocycles. The minimum Gasteiger partial charge on any atom is -0.616 e. The van der Waals surface area contributed by atoms with Crippen LogP contribution in [0.15, 0.2) is 34.9 Å². The van der Waals surface area contributed by atoms with Gasteiger partial charge in [-0.1, -0.05) is 45.3 Å². The van der Waals surface area contributed by atoms with Crippen molar-refractivity contribution in [1.29, 1.82) is 0 Å². The number of nitro groups is 1. The minimum absolute atomic E-state index is 0.140. The molecule has 0 spiro atoms. The first-order valence-electron chi connectivity index (χ1n) is 7.63. The van der Waals surface area contributed by atoms with E-state index in [2.05, 4.69) is 31.2 Å². The van der Waals surface area contributed by atoms with Crippen molar-refractivity contribution in [1.82, 2.24) is 9.97 Å². The Morgan fingerprint density at radius 1 is 1.32 bits per heavy atom. The normalized spacial score (nSPS) is 15.2. The second-order valence-corrected chi connectivity index (χ2v) is 7.99. The van der Waals surface area contributed by atoms with E-state index < -0.39 is 16.1 Å². The van der Waals surface area contributed by atoms with E-state index in [0.717, 1.165) is 10.0 Å². The molecule has 2 aromatic rings. The third-order valence-electron chi connectivity index (χ3n) is 3.82. The number of halogens is 1. The molecule has 0 radical (unpaired) electrons. The van der Waals surface area contributed by atoms with Crippen molar-refractivity contribution in [3.05, 3.63) is 50.6 Å². The SMILES string of the molecule is O=[N+]([O-])c1cnc(NCc2ccccc2Br)nc1N1CC[S+]([O-])CC1. The molecular weight excluding hydrogens is 410 g/mol. The monoisotopic (exact) mass is 425 g/mol. The predicted octanol–water partition coefficient (Wildman–Crippen LogP) is 2.33. The van der Waals surface area contributed by atoms with Crippen LogP contribution in [-0.2, 0) is 17.7 Å². The molecule has 1 aromatic heterocycles. The molecule has 3 rings (SSSR count). The van der Waals surface area contributed by atoms with Crippen LogP contribution in [0.25, 0.3) is 0 Å². The smallest absolute Gasteiger partial charge is 0.329 e. The van der Waals surface area contributed by atoms with Gasteiger partial charge in [0.2, 0.25) is 11.8 Å². The first-order valence-corrected chi connectivity index (χ1v) is 9.91. The summed E-state index contributed by atoms with van der Waals surface area (Å²) in [7, 11) is 0. The Kier molecular flexibility index (Phi) is 5.71. The average molecular weight is 426 g/mol.